The zero-order valence-corrected chi connectivity index (χ0v) is 11.9. The van der Waals surface area contributed by atoms with Crippen molar-refractivity contribution in [1.82, 2.24) is 10.2 Å². The normalized spacial score (nSPS) is 11.0. The van der Waals surface area contributed by atoms with E-state index in [0.29, 0.717) is 18.9 Å². The second-order valence-electron chi connectivity index (χ2n) is 5.23. The number of hydrogen-bond donors (Lipinski definition) is 1. The number of amides is 1. The van der Waals surface area contributed by atoms with Crippen molar-refractivity contribution >= 4 is 5.91 Å². The van der Waals surface area contributed by atoms with Crippen molar-refractivity contribution in [1.29, 1.82) is 0 Å². The minimum atomic E-state index is 0.0918. The van der Waals surface area contributed by atoms with Crippen molar-refractivity contribution in [2.24, 2.45) is 0 Å². The first kappa shape index (κ1) is 14.7. The van der Waals surface area contributed by atoms with Crippen molar-refractivity contribution in [2.75, 3.05) is 27.2 Å². The van der Waals surface area contributed by atoms with Crippen LogP contribution in [-0.4, -0.2) is 38.0 Å². The van der Waals surface area contributed by atoms with Gasteiger partial charge in [0.15, 0.2) is 0 Å². The third kappa shape index (κ3) is 5.32. The number of rotatable bonds is 6. The molecule has 1 rings (SSSR count). The topological polar surface area (TPSA) is 32.3 Å². The summed E-state index contributed by atoms with van der Waals surface area (Å²) in [7, 11) is 3.99. The van der Waals surface area contributed by atoms with Gasteiger partial charge in [0.25, 0.3) is 0 Å². The van der Waals surface area contributed by atoms with Crippen molar-refractivity contribution in [2.45, 2.75) is 26.2 Å². The molecule has 0 atom stereocenters. The molecule has 1 amide bonds. The number of nitrogens with zero attached hydrogens (tertiary/aromatic N) is 1. The molecule has 1 aromatic carbocycles. The molecule has 0 aliphatic carbocycles. The lowest BCUT2D eigenvalue weighted by molar-refractivity contribution is -0.120. The summed E-state index contributed by atoms with van der Waals surface area (Å²) in [4.78, 5) is 13.7. The van der Waals surface area contributed by atoms with E-state index in [2.05, 4.69) is 36.2 Å². The van der Waals surface area contributed by atoms with Gasteiger partial charge in [-0.2, -0.15) is 0 Å². The van der Waals surface area contributed by atoms with Crippen molar-refractivity contribution in [3.63, 3.8) is 0 Å². The Bertz CT molecular complexity index is 369. The van der Waals surface area contributed by atoms with Crippen molar-refractivity contribution in [3.05, 3.63) is 35.4 Å². The summed E-state index contributed by atoms with van der Waals surface area (Å²) in [5.74, 6) is 0.627. The second-order valence-corrected chi connectivity index (χ2v) is 5.23. The van der Waals surface area contributed by atoms with Gasteiger partial charge in [-0.1, -0.05) is 38.1 Å². The van der Waals surface area contributed by atoms with Crippen LogP contribution >= 0.6 is 0 Å². The van der Waals surface area contributed by atoms with E-state index in [1.807, 2.05) is 26.2 Å². The summed E-state index contributed by atoms with van der Waals surface area (Å²) in [5.41, 5.74) is 2.38. The largest absolute Gasteiger partial charge is 0.355 e. The maximum atomic E-state index is 11.7. The SMILES string of the molecule is CC(C)c1ccc(CC(=O)NCCN(C)C)cc1. The average molecular weight is 248 g/mol. The monoisotopic (exact) mass is 248 g/mol. The van der Waals surface area contributed by atoms with E-state index in [4.69, 9.17) is 0 Å². The number of benzene rings is 1. The molecule has 0 bridgehead atoms. The lowest BCUT2D eigenvalue weighted by Crippen LogP contribution is -2.32. The lowest BCUT2D eigenvalue weighted by Gasteiger charge is -2.11. The summed E-state index contributed by atoms with van der Waals surface area (Å²) in [6.45, 7) is 5.92. The Hall–Kier alpha value is -1.35. The third-order valence-corrected chi connectivity index (χ3v) is 2.89. The molecule has 100 valence electrons. The Kier molecular flexibility index (Phi) is 5.86. The Morgan fingerprint density at radius 1 is 1.22 bits per heavy atom. The van der Waals surface area contributed by atoms with Crippen LogP contribution in [0.4, 0.5) is 0 Å². The summed E-state index contributed by atoms with van der Waals surface area (Å²) >= 11 is 0. The van der Waals surface area contributed by atoms with E-state index in [1.54, 1.807) is 0 Å². The van der Waals surface area contributed by atoms with Gasteiger partial charge in [0.05, 0.1) is 6.42 Å². The molecule has 1 aromatic rings. The highest BCUT2D eigenvalue weighted by molar-refractivity contribution is 5.78. The molecule has 0 unspecified atom stereocenters. The fourth-order valence-corrected chi connectivity index (χ4v) is 1.69. The van der Waals surface area contributed by atoms with Crippen LogP contribution in [0.3, 0.4) is 0 Å². The minimum absolute atomic E-state index is 0.0918. The van der Waals surface area contributed by atoms with Gasteiger partial charge in [0, 0.05) is 13.1 Å². The second kappa shape index (κ2) is 7.17. The smallest absolute Gasteiger partial charge is 0.224 e. The van der Waals surface area contributed by atoms with Crippen molar-refractivity contribution < 1.29 is 4.79 Å². The fourth-order valence-electron chi connectivity index (χ4n) is 1.69. The van der Waals surface area contributed by atoms with E-state index in [0.717, 1.165) is 12.1 Å². The lowest BCUT2D eigenvalue weighted by atomic mass is 10.0. The van der Waals surface area contributed by atoms with Gasteiger partial charge in [0.2, 0.25) is 5.91 Å². The summed E-state index contributed by atoms with van der Waals surface area (Å²) in [6, 6.07) is 8.29. The van der Waals surface area contributed by atoms with Crippen LogP contribution in [0.5, 0.6) is 0 Å². The number of nitrogens with one attached hydrogen (secondary N) is 1. The molecule has 0 saturated heterocycles. The molecule has 0 heterocycles. The third-order valence-electron chi connectivity index (χ3n) is 2.89. The predicted octanol–water partition coefficient (Wildman–Crippen LogP) is 2.03. The first-order chi connectivity index (χ1) is 8.49. The van der Waals surface area contributed by atoms with E-state index in [9.17, 15) is 4.79 Å². The van der Waals surface area contributed by atoms with Crippen LogP contribution in [0.2, 0.25) is 0 Å². The van der Waals surface area contributed by atoms with Gasteiger partial charge in [-0.05, 0) is 31.1 Å². The molecule has 0 spiro atoms. The maximum Gasteiger partial charge on any atom is 0.224 e. The van der Waals surface area contributed by atoms with Gasteiger partial charge in [-0.3, -0.25) is 4.79 Å². The molecule has 0 aromatic heterocycles. The molecule has 0 radical (unpaired) electrons. The molecule has 0 saturated carbocycles. The Labute approximate surface area is 110 Å². The molecular weight excluding hydrogens is 224 g/mol. The predicted molar refractivity (Wildman–Crippen MR) is 75.8 cm³/mol. The number of hydrogen-bond acceptors (Lipinski definition) is 2. The zero-order valence-electron chi connectivity index (χ0n) is 11.9. The van der Waals surface area contributed by atoms with Gasteiger partial charge >= 0.3 is 0 Å². The Morgan fingerprint density at radius 2 is 1.83 bits per heavy atom. The molecule has 18 heavy (non-hydrogen) atoms. The first-order valence-electron chi connectivity index (χ1n) is 6.49. The number of likely N-dealkylation sites (N-methyl/N-ethyl adjacent to an activating group) is 1. The highest BCUT2D eigenvalue weighted by Crippen LogP contribution is 2.14. The van der Waals surface area contributed by atoms with Crippen molar-refractivity contribution in [3.8, 4) is 0 Å². The van der Waals surface area contributed by atoms with Gasteiger partial charge in [0.1, 0.15) is 0 Å². The molecule has 0 fully saturated rings. The molecule has 3 heteroatoms. The summed E-state index contributed by atoms with van der Waals surface area (Å²) in [6.07, 6.45) is 0.464. The van der Waals surface area contributed by atoms with Gasteiger partial charge in [-0.15, -0.1) is 0 Å². The van der Waals surface area contributed by atoms with Crippen LogP contribution in [0.25, 0.3) is 0 Å². The van der Waals surface area contributed by atoms with Gasteiger partial charge < -0.3 is 10.2 Å². The average Bonchev–Trinajstić information content (AvgIpc) is 2.29. The Morgan fingerprint density at radius 3 is 2.33 bits per heavy atom. The Balaban J connectivity index is 2.40. The molecule has 0 aliphatic heterocycles. The van der Waals surface area contributed by atoms with Crippen LogP contribution in [-0.2, 0) is 11.2 Å². The minimum Gasteiger partial charge on any atom is -0.355 e. The van der Waals surface area contributed by atoms with Gasteiger partial charge in [-0.25, -0.2) is 0 Å². The van der Waals surface area contributed by atoms with Crippen LogP contribution < -0.4 is 5.32 Å². The molecule has 3 nitrogen and oxygen atoms in total. The van der Waals surface area contributed by atoms with E-state index in [1.165, 1.54) is 5.56 Å². The highest BCUT2D eigenvalue weighted by Gasteiger charge is 2.04. The summed E-state index contributed by atoms with van der Waals surface area (Å²) < 4.78 is 0. The fraction of sp³-hybridized carbons (Fsp3) is 0.533. The van der Waals surface area contributed by atoms with Crippen LogP contribution in [0.1, 0.15) is 30.9 Å². The standard InChI is InChI=1S/C15H24N2O/c1-12(2)14-7-5-13(6-8-14)11-15(18)16-9-10-17(3)4/h5-8,12H,9-11H2,1-4H3,(H,16,18). The number of carbonyl (C=O) groups excluding carboxylic acids is 1. The molecule has 0 aliphatic rings. The molecule has 1 N–H and O–H groups in total. The van der Waals surface area contributed by atoms with E-state index >= 15 is 0 Å². The maximum absolute atomic E-state index is 11.7. The quantitative estimate of drug-likeness (QED) is 0.835. The highest BCUT2D eigenvalue weighted by atomic mass is 16.1. The van der Waals surface area contributed by atoms with E-state index in [-0.39, 0.29) is 5.91 Å². The van der Waals surface area contributed by atoms with Crippen LogP contribution in [0.15, 0.2) is 24.3 Å². The number of carbonyl (C=O) groups is 1. The zero-order chi connectivity index (χ0) is 13.5. The van der Waals surface area contributed by atoms with E-state index < -0.39 is 0 Å². The van der Waals surface area contributed by atoms with Crippen LogP contribution in [0, 0.1) is 0 Å². The summed E-state index contributed by atoms with van der Waals surface area (Å²) in [5, 5.41) is 2.92. The first-order valence-corrected chi connectivity index (χ1v) is 6.49. The molecular formula is C15H24N2O.